The summed E-state index contributed by atoms with van der Waals surface area (Å²) >= 11 is 5.91. The maximum absolute atomic E-state index is 15.2. The average molecular weight is 505 g/mol. The molecular weight excluding hydrogens is 486 g/mol. The molecule has 0 saturated carbocycles. The maximum Gasteiger partial charge on any atom is 0.189 e. The molecule has 1 fully saturated rings. The van der Waals surface area contributed by atoms with Gasteiger partial charge in [0.15, 0.2) is 31.2 Å². The van der Waals surface area contributed by atoms with Crippen LogP contribution in [-0.4, -0.2) is 42.4 Å². The molecule has 1 saturated heterocycles. The van der Waals surface area contributed by atoms with Gasteiger partial charge >= 0.3 is 0 Å². The maximum atomic E-state index is 15.2. The summed E-state index contributed by atoms with van der Waals surface area (Å²) in [6.07, 6.45) is 0.988. The topological polar surface area (TPSA) is 86.7 Å². The number of halogens is 3. The molecule has 11 heteroatoms. The fraction of sp³-hybridized carbons (Fsp3) is 0.333. The third kappa shape index (κ3) is 3.72. The van der Waals surface area contributed by atoms with Gasteiger partial charge in [-0.3, -0.25) is 0 Å². The van der Waals surface area contributed by atoms with E-state index >= 15 is 4.39 Å². The normalized spacial score (nSPS) is 25.8. The van der Waals surface area contributed by atoms with Crippen LogP contribution in [0.3, 0.4) is 0 Å². The van der Waals surface area contributed by atoms with Crippen LogP contribution in [0.4, 0.5) is 8.78 Å². The van der Waals surface area contributed by atoms with Crippen molar-refractivity contribution in [3.8, 4) is 5.75 Å². The highest BCUT2D eigenvalue weighted by Crippen LogP contribution is 2.55. The second-order valence-electron chi connectivity index (χ2n) is 7.74. The molecule has 2 aliphatic heterocycles. The van der Waals surface area contributed by atoms with E-state index in [0.29, 0.717) is 5.02 Å². The largest absolute Gasteiger partial charge is 0.490 e. The Bertz CT molecular complexity index is 1290. The van der Waals surface area contributed by atoms with E-state index in [-0.39, 0.29) is 24.5 Å². The van der Waals surface area contributed by atoms with Gasteiger partial charge in [0.05, 0.1) is 23.2 Å². The minimum Gasteiger partial charge on any atom is -0.490 e. The molecule has 172 valence electrons. The average Bonchev–Trinajstić information content (AvgIpc) is 2.73. The number of ether oxygens (including phenoxy) is 2. The molecule has 0 spiro atoms. The summed E-state index contributed by atoms with van der Waals surface area (Å²) in [5, 5.41) is 1.21. The van der Waals surface area contributed by atoms with Gasteiger partial charge < -0.3 is 9.47 Å². The Labute approximate surface area is 189 Å². The number of fused-ring (bicyclic) bond motifs is 3. The summed E-state index contributed by atoms with van der Waals surface area (Å²) in [5.41, 5.74) is -0.412. The Morgan fingerprint density at radius 2 is 1.72 bits per heavy atom. The lowest BCUT2D eigenvalue weighted by Crippen LogP contribution is -2.57. The molecule has 0 aliphatic carbocycles. The third-order valence-corrected chi connectivity index (χ3v) is 9.25. The molecule has 32 heavy (non-hydrogen) atoms. The molecule has 2 aliphatic rings. The second kappa shape index (κ2) is 8.09. The van der Waals surface area contributed by atoms with Gasteiger partial charge in [-0.15, -0.1) is 0 Å². The van der Waals surface area contributed by atoms with Gasteiger partial charge in [-0.05, 0) is 48.9 Å². The third-order valence-electron chi connectivity index (χ3n) is 5.79. The summed E-state index contributed by atoms with van der Waals surface area (Å²) in [6.45, 7) is -0.448. The smallest absolute Gasteiger partial charge is 0.189 e. The SMILES string of the molecule is CS(=O)(=O)/C=C/[C@@H]1OCC[C@@]2(S(=O)(=O)c3ccc(Cl)cc3)c3c(F)ccc(F)c3OCC12. The summed E-state index contributed by atoms with van der Waals surface area (Å²) < 4.78 is 90.4. The van der Waals surface area contributed by atoms with Gasteiger partial charge in [-0.25, -0.2) is 25.6 Å². The second-order valence-corrected chi connectivity index (χ2v) is 12.3. The van der Waals surface area contributed by atoms with Crippen LogP contribution in [0, 0.1) is 17.6 Å². The highest BCUT2D eigenvalue weighted by atomic mass is 35.5. The molecule has 6 nitrogen and oxygen atoms in total. The molecule has 1 unspecified atom stereocenters. The van der Waals surface area contributed by atoms with E-state index in [1.54, 1.807) is 0 Å². The highest BCUT2D eigenvalue weighted by molar-refractivity contribution is 7.93. The molecule has 3 atom stereocenters. The Morgan fingerprint density at radius 1 is 1.06 bits per heavy atom. The molecule has 0 N–H and O–H groups in total. The molecule has 0 amide bonds. The first-order valence-electron chi connectivity index (χ1n) is 9.59. The van der Waals surface area contributed by atoms with Crippen molar-refractivity contribution in [3.63, 3.8) is 0 Å². The Kier molecular flexibility index (Phi) is 5.85. The standard InChI is InChI=1S/C21H19ClF2O6S2/c1-31(25,26)11-8-18-15-12-30-20-17(24)7-6-16(23)19(20)21(15,9-10-29-18)32(27,28)14-4-2-13(22)3-5-14/h2-8,11,15,18H,9-10,12H2,1H3/b11-8+/t15?,18-,21-/m0/s1. The number of sulfone groups is 2. The van der Waals surface area contributed by atoms with Gasteiger partial charge in [-0.1, -0.05) is 11.6 Å². The van der Waals surface area contributed by atoms with E-state index in [1.807, 2.05) is 0 Å². The lowest BCUT2D eigenvalue weighted by Gasteiger charge is -2.49. The van der Waals surface area contributed by atoms with Crippen LogP contribution in [0.1, 0.15) is 12.0 Å². The van der Waals surface area contributed by atoms with E-state index in [9.17, 15) is 21.2 Å². The molecule has 2 aromatic rings. The van der Waals surface area contributed by atoms with Crippen LogP contribution in [-0.2, 0) is 29.2 Å². The lowest BCUT2D eigenvalue weighted by atomic mass is 9.76. The summed E-state index contributed by atoms with van der Waals surface area (Å²) in [7, 11) is -7.90. The van der Waals surface area contributed by atoms with Gasteiger partial charge in [0, 0.05) is 29.2 Å². The molecule has 4 rings (SSSR count). The first kappa shape index (κ1) is 23.2. The van der Waals surface area contributed by atoms with E-state index in [1.165, 1.54) is 30.3 Å². The van der Waals surface area contributed by atoms with Crippen LogP contribution in [0.25, 0.3) is 0 Å². The zero-order valence-electron chi connectivity index (χ0n) is 16.8. The van der Waals surface area contributed by atoms with Crippen molar-refractivity contribution < 1.29 is 35.1 Å². The van der Waals surface area contributed by atoms with Crippen molar-refractivity contribution in [2.45, 2.75) is 22.2 Å². The van der Waals surface area contributed by atoms with Crippen LogP contribution in [0.2, 0.25) is 5.02 Å². The summed E-state index contributed by atoms with van der Waals surface area (Å²) in [6, 6.07) is 7.11. The molecule has 2 aromatic carbocycles. The molecule has 0 aromatic heterocycles. The number of hydrogen-bond donors (Lipinski definition) is 0. The molecular formula is C21H19ClF2O6S2. The zero-order valence-corrected chi connectivity index (χ0v) is 19.2. The Morgan fingerprint density at radius 3 is 2.38 bits per heavy atom. The fourth-order valence-electron chi connectivity index (χ4n) is 4.40. The minimum atomic E-state index is -4.35. The van der Waals surface area contributed by atoms with Crippen molar-refractivity contribution in [2.75, 3.05) is 19.5 Å². The van der Waals surface area contributed by atoms with Crippen LogP contribution in [0.5, 0.6) is 5.75 Å². The monoisotopic (exact) mass is 504 g/mol. The van der Waals surface area contributed by atoms with Crippen LogP contribution in [0.15, 0.2) is 52.8 Å². The van der Waals surface area contributed by atoms with E-state index in [2.05, 4.69) is 0 Å². The van der Waals surface area contributed by atoms with E-state index in [0.717, 1.165) is 23.8 Å². The predicted molar refractivity (Wildman–Crippen MR) is 114 cm³/mol. The van der Waals surface area contributed by atoms with Crippen molar-refractivity contribution >= 4 is 31.3 Å². The van der Waals surface area contributed by atoms with Crippen molar-refractivity contribution in [1.29, 1.82) is 0 Å². The number of rotatable bonds is 4. The van der Waals surface area contributed by atoms with Crippen molar-refractivity contribution in [2.24, 2.45) is 5.92 Å². The zero-order chi connectivity index (χ0) is 23.3. The molecule has 0 bridgehead atoms. The summed E-state index contributed by atoms with van der Waals surface area (Å²) in [4.78, 5) is -0.129. The first-order valence-corrected chi connectivity index (χ1v) is 13.4. The Hall–Kier alpha value is -2.01. The minimum absolute atomic E-state index is 0.127. The van der Waals surface area contributed by atoms with Crippen LogP contribution >= 0.6 is 11.6 Å². The van der Waals surface area contributed by atoms with Crippen molar-refractivity contribution in [3.05, 3.63) is 70.1 Å². The number of benzene rings is 2. The molecule has 0 radical (unpaired) electrons. The van der Waals surface area contributed by atoms with Gasteiger partial charge in [0.1, 0.15) is 10.6 Å². The van der Waals surface area contributed by atoms with Gasteiger partial charge in [0.25, 0.3) is 0 Å². The van der Waals surface area contributed by atoms with E-state index < -0.39 is 59.4 Å². The fourth-order valence-corrected chi connectivity index (χ4v) is 7.29. The quantitative estimate of drug-likeness (QED) is 0.632. The number of hydrogen-bond acceptors (Lipinski definition) is 6. The first-order chi connectivity index (χ1) is 15.0. The predicted octanol–water partition coefficient (Wildman–Crippen LogP) is 3.64. The van der Waals surface area contributed by atoms with Crippen LogP contribution < -0.4 is 4.74 Å². The summed E-state index contributed by atoms with van der Waals surface area (Å²) in [5.74, 6) is -3.33. The van der Waals surface area contributed by atoms with Crippen molar-refractivity contribution in [1.82, 2.24) is 0 Å². The Balaban J connectivity index is 2.00. The lowest BCUT2D eigenvalue weighted by molar-refractivity contribution is -0.0479. The van der Waals surface area contributed by atoms with Gasteiger partial charge in [0.2, 0.25) is 0 Å². The van der Waals surface area contributed by atoms with Gasteiger partial charge in [-0.2, -0.15) is 0 Å². The van der Waals surface area contributed by atoms with E-state index in [4.69, 9.17) is 21.1 Å². The highest BCUT2D eigenvalue weighted by Gasteiger charge is 2.61. The molecule has 2 heterocycles.